The van der Waals surface area contributed by atoms with Crippen LogP contribution in [0.25, 0.3) is 0 Å². The largest absolute Gasteiger partial charge is 0.355 e. The molecule has 0 aliphatic carbocycles. The van der Waals surface area contributed by atoms with Crippen LogP contribution < -0.4 is 5.32 Å². The van der Waals surface area contributed by atoms with E-state index in [-0.39, 0.29) is 0 Å². The van der Waals surface area contributed by atoms with Crippen molar-refractivity contribution in [3.63, 3.8) is 0 Å². The molecule has 0 aromatic heterocycles. The highest BCUT2D eigenvalue weighted by atomic mass is 16.1. The third kappa shape index (κ3) is 11.0. The van der Waals surface area contributed by atoms with Crippen LogP contribution in [0.15, 0.2) is 24.3 Å². The average molecular weight is 195 g/mol. The summed E-state index contributed by atoms with van der Waals surface area (Å²) in [7, 11) is 0. The second-order valence-corrected chi connectivity index (χ2v) is 3.23. The summed E-state index contributed by atoms with van der Waals surface area (Å²) in [5.74, 6) is 0. The summed E-state index contributed by atoms with van der Waals surface area (Å²) >= 11 is 0. The minimum atomic E-state index is 0.615. The van der Waals surface area contributed by atoms with E-state index in [1.165, 1.54) is 25.7 Å². The van der Waals surface area contributed by atoms with Gasteiger partial charge in [-0.2, -0.15) is 0 Å². The first kappa shape index (κ1) is 12.9. The standard InChI is InChI=1S/C12H21NO/c1-2-3-4-5-6-7-8-9-10-11-13-12-14/h7-10,12H,2-6,11H2,1H3,(H,13,14)/b8-7+,10-9+. The molecular formula is C12H21NO. The van der Waals surface area contributed by atoms with Crippen molar-refractivity contribution >= 4 is 6.41 Å². The van der Waals surface area contributed by atoms with Crippen molar-refractivity contribution < 1.29 is 4.79 Å². The van der Waals surface area contributed by atoms with Crippen LogP contribution in [0.5, 0.6) is 0 Å². The summed E-state index contributed by atoms with van der Waals surface area (Å²) in [6, 6.07) is 0. The molecule has 0 heterocycles. The van der Waals surface area contributed by atoms with Crippen molar-refractivity contribution in [3.8, 4) is 0 Å². The predicted molar refractivity (Wildman–Crippen MR) is 61.1 cm³/mol. The van der Waals surface area contributed by atoms with Crippen LogP contribution >= 0.6 is 0 Å². The molecule has 0 atom stereocenters. The maximum absolute atomic E-state index is 9.88. The fraction of sp³-hybridized carbons (Fsp3) is 0.583. The number of allylic oxidation sites excluding steroid dienone is 3. The lowest BCUT2D eigenvalue weighted by molar-refractivity contribution is -0.109. The summed E-state index contributed by atoms with van der Waals surface area (Å²) in [6.07, 6.45) is 15.2. The van der Waals surface area contributed by atoms with Gasteiger partial charge >= 0.3 is 0 Å². The van der Waals surface area contributed by atoms with E-state index in [1.54, 1.807) is 0 Å². The molecule has 0 aromatic rings. The van der Waals surface area contributed by atoms with E-state index in [2.05, 4.69) is 18.3 Å². The van der Waals surface area contributed by atoms with E-state index < -0.39 is 0 Å². The second-order valence-electron chi connectivity index (χ2n) is 3.23. The Balaban J connectivity index is 3.17. The molecule has 0 unspecified atom stereocenters. The Bertz CT molecular complexity index is 173. The quantitative estimate of drug-likeness (QED) is 0.342. The van der Waals surface area contributed by atoms with Crippen LogP contribution in [-0.2, 0) is 4.79 Å². The molecule has 0 bridgehead atoms. The molecule has 2 heteroatoms. The highest BCUT2D eigenvalue weighted by Gasteiger charge is 1.82. The van der Waals surface area contributed by atoms with Gasteiger partial charge in [0.15, 0.2) is 0 Å². The molecule has 0 fully saturated rings. The first-order chi connectivity index (χ1) is 6.91. The van der Waals surface area contributed by atoms with E-state index in [0.717, 1.165) is 6.42 Å². The number of hydrogen-bond donors (Lipinski definition) is 1. The van der Waals surface area contributed by atoms with Crippen molar-refractivity contribution in [2.24, 2.45) is 0 Å². The zero-order valence-electron chi connectivity index (χ0n) is 9.04. The highest BCUT2D eigenvalue weighted by molar-refractivity contribution is 5.46. The van der Waals surface area contributed by atoms with Crippen LogP contribution in [0.3, 0.4) is 0 Å². The van der Waals surface area contributed by atoms with Gasteiger partial charge in [-0.3, -0.25) is 4.79 Å². The number of rotatable bonds is 9. The zero-order chi connectivity index (χ0) is 10.5. The zero-order valence-corrected chi connectivity index (χ0v) is 9.04. The Morgan fingerprint density at radius 2 is 1.86 bits per heavy atom. The van der Waals surface area contributed by atoms with E-state index in [0.29, 0.717) is 13.0 Å². The fourth-order valence-corrected chi connectivity index (χ4v) is 1.13. The first-order valence-corrected chi connectivity index (χ1v) is 5.40. The average Bonchev–Trinajstić information content (AvgIpc) is 2.21. The van der Waals surface area contributed by atoms with Gasteiger partial charge in [-0.1, -0.05) is 50.5 Å². The number of carbonyl (C=O) groups excluding carboxylic acids is 1. The van der Waals surface area contributed by atoms with Crippen molar-refractivity contribution in [3.05, 3.63) is 24.3 Å². The lowest BCUT2D eigenvalue weighted by Gasteiger charge is -1.93. The summed E-state index contributed by atoms with van der Waals surface area (Å²) in [5, 5.41) is 2.57. The monoisotopic (exact) mass is 195 g/mol. The molecule has 14 heavy (non-hydrogen) atoms. The van der Waals surface area contributed by atoms with Gasteiger partial charge in [0.05, 0.1) is 0 Å². The molecule has 0 saturated carbocycles. The minimum Gasteiger partial charge on any atom is -0.355 e. The summed E-state index contributed by atoms with van der Waals surface area (Å²) < 4.78 is 0. The van der Waals surface area contributed by atoms with Gasteiger partial charge in [-0.05, 0) is 12.8 Å². The second kappa shape index (κ2) is 11.9. The van der Waals surface area contributed by atoms with Gasteiger partial charge in [-0.15, -0.1) is 0 Å². The third-order valence-corrected chi connectivity index (χ3v) is 1.93. The molecule has 0 aromatic carbocycles. The van der Waals surface area contributed by atoms with Crippen molar-refractivity contribution in [2.45, 2.75) is 39.0 Å². The van der Waals surface area contributed by atoms with Gasteiger partial charge in [0.2, 0.25) is 6.41 Å². The number of hydrogen-bond acceptors (Lipinski definition) is 1. The van der Waals surface area contributed by atoms with Crippen LogP contribution in [0.4, 0.5) is 0 Å². The van der Waals surface area contributed by atoms with Crippen LogP contribution in [-0.4, -0.2) is 13.0 Å². The maximum Gasteiger partial charge on any atom is 0.207 e. The van der Waals surface area contributed by atoms with Crippen molar-refractivity contribution in [1.82, 2.24) is 5.32 Å². The molecular weight excluding hydrogens is 174 g/mol. The fourth-order valence-electron chi connectivity index (χ4n) is 1.13. The smallest absolute Gasteiger partial charge is 0.207 e. The molecule has 0 aliphatic heterocycles. The molecule has 1 amide bonds. The number of nitrogens with one attached hydrogen (secondary N) is 1. The number of amides is 1. The Morgan fingerprint density at radius 3 is 2.57 bits per heavy atom. The van der Waals surface area contributed by atoms with Gasteiger partial charge in [0, 0.05) is 6.54 Å². The van der Waals surface area contributed by atoms with Gasteiger partial charge in [0.1, 0.15) is 0 Å². The molecule has 0 rings (SSSR count). The topological polar surface area (TPSA) is 29.1 Å². The molecule has 0 spiro atoms. The van der Waals surface area contributed by atoms with Crippen molar-refractivity contribution in [1.29, 1.82) is 0 Å². The van der Waals surface area contributed by atoms with Gasteiger partial charge in [0.25, 0.3) is 0 Å². The molecule has 2 nitrogen and oxygen atoms in total. The third-order valence-electron chi connectivity index (χ3n) is 1.93. The minimum absolute atomic E-state index is 0.615. The van der Waals surface area contributed by atoms with E-state index in [4.69, 9.17) is 0 Å². The lowest BCUT2D eigenvalue weighted by Crippen LogP contribution is -2.08. The van der Waals surface area contributed by atoms with Crippen LogP contribution in [0, 0.1) is 0 Å². The Labute approximate surface area is 87.1 Å². The van der Waals surface area contributed by atoms with Crippen LogP contribution in [0.2, 0.25) is 0 Å². The Morgan fingerprint density at radius 1 is 1.07 bits per heavy atom. The van der Waals surface area contributed by atoms with Gasteiger partial charge in [-0.25, -0.2) is 0 Å². The van der Waals surface area contributed by atoms with E-state index >= 15 is 0 Å². The summed E-state index contributed by atoms with van der Waals surface area (Å²) in [4.78, 5) is 9.88. The summed E-state index contributed by atoms with van der Waals surface area (Å²) in [5.41, 5.74) is 0. The molecule has 0 saturated heterocycles. The van der Waals surface area contributed by atoms with E-state index in [1.807, 2.05) is 18.2 Å². The molecule has 1 N–H and O–H groups in total. The number of carbonyl (C=O) groups is 1. The SMILES string of the molecule is CCCCCC/C=C/C=C/CNC=O. The Kier molecular flexibility index (Phi) is 11.1. The predicted octanol–water partition coefficient (Wildman–Crippen LogP) is 2.82. The van der Waals surface area contributed by atoms with Gasteiger partial charge < -0.3 is 5.32 Å². The molecule has 0 aliphatic rings. The normalized spacial score (nSPS) is 11.2. The first-order valence-electron chi connectivity index (χ1n) is 5.40. The van der Waals surface area contributed by atoms with E-state index in [9.17, 15) is 4.79 Å². The molecule has 0 radical (unpaired) electrons. The van der Waals surface area contributed by atoms with Crippen LogP contribution in [0.1, 0.15) is 39.0 Å². The Hall–Kier alpha value is -1.05. The highest BCUT2D eigenvalue weighted by Crippen LogP contribution is 2.02. The summed E-state index contributed by atoms with van der Waals surface area (Å²) in [6.45, 7) is 2.84. The maximum atomic E-state index is 9.88. The lowest BCUT2D eigenvalue weighted by atomic mass is 10.1. The van der Waals surface area contributed by atoms with Crippen molar-refractivity contribution in [2.75, 3.05) is 6.54 Å². The molecule has 80 valence electrons. The number of unbranched alkanes of at least 4 members (excludes halogenated alkanes) is 4.